The molecule has 0 saturated heterocycles. The second kappa shape index (κ2) is 7.56. The molecule has 0 radical (unpaired) electrons. The molecule has 0 spiro atoms. The molecule has 2 rings (SSSR count). The summed E-state index contributed by atoms with van der Waals surface area (Å²) in [5.74, 6) is -2.52. The first-order chi connectivity index (χ1) is 11.9. The molecule has 3 N–H and O–H groups in total. The minimum atomic E-state index is -1.19. The van der Waals surface area contributed by atoms with Crippen LogP contribution in [0.1, 0.15) is 0 Å². The molecule has 0 heterocycles. The van der Waals surface area contributed by atoms with Gasteiger partial charge in [0.05, 0.1) is 27.0 Å². The quantitative estimate of drug-likeness (QED) is 0.717. The van der Waals surface area contributed by atoms with E-state index in [0.29, 0.717) is 22.9 Å². The summed E-state index contributed by atoms with van der Waals surface area (Å²) in [5, 5.41) is 13.8. The lowest BCUT2D eigenvalue weighted by molar-refractivity contribution is 0.262. The van der Waals surface area contributed by atoms with Crippen LogP contribution in [0, 0.1) is 11.6 Å². The maximum Gasteiger partial charge on any atom is 0.323 e. The highest BCUT2D eigenvalue weighted by Gasteiger charge is 2.15. The monoisotopic (exact) mass is 354 g/mol. The van der Waals surface area contributed by atoms with Gasteiger partial charge in [0.2, 0.25) is 5.75 Å². The van der Waals surface area contributed by atoms with E-state index in [1.165, 1.54) is 33.5 Å². The van der Waals surface area contributed by atoms with Crippen LogP contribution in [-0.2, 0) is 0 Å². The van der Waals surface area contributed by atoms with E-state index >= 15 is 0 Å². The predicted octanol–water partition coefficient (Wildman–Crippen LogP) is 3.34. The van der Waals surface area contributed by atoms with Crippen molar-refractivity contribution < 1.29 is 32.9 Å². The van der Waals surface area contributed by atoms with Crippen molar-refractivity contribution in [2.75, 3.05) is 32.0 Å². The predicted molar refractivity (Wildman–Crippen MR) is 86.8 cm³/mol. The minimum absolute atomic E-state index is 0.169. The fraction of sp³-hybridized carbons (Fsp3) is 0.188. The molecule has 9 heteroatoms. The number of hydrogen-bond donors (Lipinski definition) is 3. The molecule has 0 aliphatic rings. The number of phenols is 1. The van der Waals surface area contributed by atoms with E-state index in [4.69, 9.17) is 19.3 Å². The highest BCUT2D eigenvalue weighted by Crippen LogP contribution is 2.39. The summed E-state index contributed by atoms with van der Waals surface area (Å²) in [6.45, 7) is 0. The van der Waals surface area contributed by atoms with Crippen molar-refractivity contribution in [2.24, 2.45) is 0 Å². The van der Waals surface area contributed by atoms with Gasteiger partial charge in [0.25, 0.3) is 0 Å². The third-order valence-electron chi connectivity index (χ3n) is 3.20. The Hall–Kier alpha value is -3.23. The summed E-state index contributed by atoms with van der Waals surface area (Å²) in [5.41, 5.74) is 0.129. The van der Waals surface area contributed by atoms with Crippen molar-refractivity contribution in [1.29, 1.82) is 0 Å². The Morgan fingerprint density at radius 2 is 1.32 bits per heavy atom. The zero-order valence-electron chi connectivity index (χ0n) is 13.6. The molecule has 134 valence electrons. The standard InChI is InChI=1S/C16H16F2N2O5/c1-23-12-6-9(7-13(24-2)15(12)25-3)20-16(22)19-8-4-10(17)14(21)11(18)5-8/h4-7,21H,1-3H3,(H2,19,20,22). The average Bonchev–Trinajstić information content (AvgIpc) is 2.58. The third-order valence-corrected chi connectivity index (χ3v) is 3.20. The summed E-state index contributed by atoms with van der Waals surface area (Å²) in [4.78, 5) is 12.0. The van der Waals surface area contributed by atoms with Gasteiger partial charge < -0.3 is 30.0 Å². The van der Waals surface area contributed by atoms with Gasteiger partial charge in [-0.25, -0.2) is 13.6 Å². The Morgan fingerprint density at radius 1 is 0.880 bits per heavy atom. The number of methoxy groups -OCH3 is 3. The molecule has 0 bridgehead atoms. The lowest BCUT2D eigenvalue weighted by atomic mass is 10.2. The Kier molecular flexibility index (Phi) is 5.48. The molecule has 0 saturated carbocycles. The number of carbonyl (C=O) groups is 1. The van der Waals surface area contributed by atoms with Crippen LogP contribution in [-0.4, -0.2) is 32.5 Å². The number of carbonyl (C=O) groups excluding carboxylic acids is 1. The second-order valence-electron chi connectivity index (χ2n) is 4.78. The lowest BCUT2D eigenvalue weighted by Gasteiger charge is -2.15. The van der Waals surface area contributed by atoms with E-state index in [-0.39, 0.29) is 5.69 Å². The molecule has 0 unspecified atom stereocenters. The summed E-state index contributed by atoms with van der Waals surface area (Å²) in [6, 6.07) is 3.77. The van der Waals surface area contributed by atoms with Crippen molar-refractivity contribution in [3.8, 4) is 23.0 Å². The topological polar surface area (TPSA) is 89.1 Å². The molecular formula is C16H16F2N2O5. The number of urea groups is 1. The summed E-state index contributed by atoms with van der Waals surface area (Å²) in [6.07, 6.45) is 0. The molecule has 2 aromatic carbocycles. The zero-order chi connectivity index (χ0) is 18.6. The number of benzene rings is 2. The van der Waals surface area contributed by atoms with E-state index in [0.717, 1.165) is 12.1 Å². The van der Waals surface area contributed by atoms with Crippen LogP contribution >= 0.6 is 0 Å². The van der Waals surface area contributed by atoms with Gasteiger partial charge in [-0.15, -0.1) is 0 Å². The average molecular weight is 354 g/mol. The molecule has 0 aliphatic heterocycles. The van der Waals surface area contributed by atoms with Gasteiger partial charge in [-0.3, -0.25) is 0 Å². The Labute approximate surface area is 142 Å². The third kappa shape index (κ3) is 4.00. The maximum atomic E-state index is 13.3. The van der Waals surface area contributed by atoms with Crippen molar-refractivity contribution in [2.45, 2.75) is 0 Å². The molecule has 2 aromatic rings. The lowest BCUT2D eigenvalue weighted by Crippen LogP contribution is -2.19. The number of phenolic OH excluding ortho intramolecular Hbond substituents is 1. The number of amides is 2. The Bertz CT molecular complexity index is 750. The van der Waals surface area contributed by atoms with E-state index in [2.05, 4.69) is 10.6 Å². The summed E-state index contributed by atoms with van der Waals surface area (Å²) >= 11 is 0. The van der Waals surface area contributed by atoms with Crippen molar-refractivity contribution >= 4 is 17.4 Å². The first kappa shape index (κ1) is 18.1. The normalized spacial score (nSPS) is 10.1. The van der Waals surface area contributed by atoms with Crippen LogP contribution < -0.4 is 24.8 Å². The number of nitrogens with one attached hydrogen (secondary N) is 2. The molecular weight excluding hydrogens is 338 g/mol. The molecule has 7 nitrogen and oxygen atoms in total. The smallest absolute Gasteiger partial charge is 0.323 e. The largest absolute Gasteiger partial charge is 0.503 e. The summed E-state index contributed by atoms with van der Waals surface area (Å²) < 4.78 is 42.1. The molecule has 0 aromatic heterocycles. The van der Waals surface area contributed by atoms with E-state index < -0.39 is 23.4 Å². The number of halogens is 2. The number of aromatic hydroxyl groups is 1. The fourth-order valence-electron chi connectivity index (χ4n) is 2.08. The van der Waals surface area contributed by atoms with Crippen LogP contribution in [0.5, 0.6) is 23.0 Å². The van der Waals surface area contributed by atoms with Gasteiger partial charge in [-0.05, 0) is 0 Å². The second-order valence-corrected chi connectivity index (χ2v) is 4.78. The molecule has 0 atom stereocenters. The number of ether oxygens (including phenoxy) is 3. The van der Waals surface area contributed by atoms with Gasteiger partial charge in [-0.2, -0.15) is 0 Å². The Balaban J connectivity index is 2.20. The Morgan fingerprint density at radius 3 is 1.72 bits per heavy atom. The number of hydrogen-bond acceptors (Lipinski definition) is 5. The van der Waals surface area contributed by atoms with Crippen LogP contribution in [0.25, 0.3) is 0 Å². The highest BCUT2D eigenvalue weighted by atomic mass is 19.1. The first-order valence-electron chi connectivity index (χ1n) is 6.95. The van der Waals surface area contributed by atoms with Crippen LogP contribution in [0.2, 0.25) is 0 Å². The van der Waals surface area contributed by atoms with Crippen molar-refractivity contribution in [3.05, 3.63) is 35.9 Å². The molecule has 25 heavy (non-hydrogen) atoms. The first-order valence-corrected chi connectivity index (χ1v) is 6.95. The van der Waals surface area contributed by atoms with Gasteiger partial charge in [0.1, 0.15) is 0 Å². The summed E-state index contributed by atoms with van der Waals surface area (Å²) in [7, 11) is 4.28. The van der Waals surface area contributed by atoms with E-state index in [1.54, 1.807) is 0 Å². The van der Waals surface area contributed by atoms with Gasteiger partial charge >= 0.3 is 6.03 Å². The van der Waals surface area contributed by atoms with Crippen LogP contribution in [0.15, 0.2) is 24.3 Å². The van der Waals surface area contributed by atoms with Crippen LogP contribution in [0.3, 0.4) is 0 Å². The SMILES string of the molecule is COc1cc(NC(=O)Nc2cc(F)c(O)c(F)c2)cc(OC)c1OC. The number of anilines is 2. The highest BCUT2D eigenvalue weighted by molar-refractivity contribution is 6.00. The van der Waals surface area contributed by atoms with E-state index in [1.807, 2.05) is 0 Å². The van der Waals surface area contributed by atoms with Gasteiger partial charge in [-0.1, -0.05) is 0 Å². The van der Waals surface area contributed by atoms with Crippen LogP contribution in [0.4, 0.5) is 25.0 Å². The number of rotatable bonds is 5. The molecule has 0 aliphatic carbocycles. The zero-order valence-corrected chi connectivity index (χ0v) is 13.6. The minimum Gasteiger partial charge on any atom is -0.503 e. The van der Waals surface area contributed by atoms with E-state index in [9.17, 15) is 13.6 Å². The fourth-order valence-corrected chi connectivity index (χ4v) is 2.08. The maximum absolute atomic E-state index is 13.3. The molecule has 0 fully saturated rings. The van der Waals surface area contributed by atoms with Crippen molar-refractivity contribution in [3.63, 3.8) is 0 Å². The molecule has 2 amide bonds. The van der Waals surface area contributed by atoms with Gasteiger partial charge in [0.15, 0.2) is 28.9 Å². The van der Waals surface area contributed by atoms with Crippen molar-refractivity contribution in [1.82, 2.24) is 0 Å². The van der Waals surface area contributed by atoms with Gasteiger partial charge in [0, 0.05) is 30.0 Å².